The molecule has 1 atom stereocenters. The maximum absolute atomic E-state index is 13.0. The van der Waals surface area contributed by atoms with E-state index in [1.807, 2.05) is 44.2 Å². The Morgan fingerprint density at radius 2 is 1.81 bits per heavy atom. The molecule has 1 aliphatic carbocycles. The number of Topliss-reactive ketones (excluding diaryl/α,β-unsaturated/α-hetero) is 1. The van der Waals surface area contributed by atoms with Gasteiger partial charge in [-0.05, 0) is 30.2 Å². The van der Waals surface area contributed by atoms with Gasteiger partial charge in [0.15, 0.2) is 5.78 Å². The van der Waals surface area contributed by atoms with Gasteiger partial charge in [-0.1, -0.05) is 63.4 Å². The van der Waals surface area contributed by atoms with E-state index in [0.29, 0.717) is 12.5 Å². The van der Waals surface area contributed by atoms with Crippen molar-refractivity contribution in [2.75, 3.05) is 6.54 Å². The van der Waals surface area contributed by atoms with E-state index in [2.05, 4.69) is 0 Å². The van der Waals surface area contributed by atoms with Gasteiger partial charge in [-0.2, -0.15) is 0 Å². The minimum atomic E-state index is -0.376. The monoisotopic (exact) mass is 355 g/mol. The predicted molar refractivity (Wildman–Crippen MR) is 102 cm³/mol. The number of hydrogen-bond donors (Lipinski definition) is 1. The van der Waals surface area contributed by atoms with Gasteiger partial charge >= 0.3 is 0 Å². The summed E-state index contributed by atoms with van der Waals surface area (Å²) in [6, 6.07) is 9.01. The zero-order valence-corrected chi connectivity index (χ0v) is 15.8. The maximum atomic E-state index is 13.0. The Balaban J connectivity index is 1.80. The van der Waals surface area contributed by atoms with Crippen molar-refractivity contribution in [1.82, 2.24) is 4.90 Å². The van der Waals surface area contributed by atoms with Gasteiger partial charge in [0, 0.05) is 13.0 Å². The van der Waals surface area contributed by atoms with Gasteiger partial charge in [0.25, 0.3) is 5.91 Å². The highest BCUT2D eigenvalue weighted by atomic mass is 16.3. The molecule has 0 radical (unpaired) electrons. The van der Waals surface area contributed by atoms with Crippen molar-refractivity contribution in [2.24, 2.45) is 11.8 Å². The van der Waals surface area contributed by atoms with Gasteiger partial charge in [0.1, 0.15) is 11.3 Å². The van der Waals surface area contributed by atoms with Crippen molar-refractivity contribution in [1.29, 1.82) is 0 Å². The number of hydrogen-bond acceptors (Lipinski definition) is 3. The maximum Gasteiger partial charge on any atom is 0.261 e. The first-order chi connectivity index (χ1) is 12.5. The van der Waals surface area contributed by atoms with Crippen LogP contribution in [0.3, 0.4) is 0 Å². The SMILES string of the molecule is CC(C)[C@H]1C(O)=C(C(=O)Cc2ccccc2)C(=O)N1CC1CCCCC1. The Hall–Kier alpha value is -2.10. The molecule has 1 N–H and O–H groups in total. The predicted octanol–water partition coefficient (Wildman–Crippen LogP) is 4.06. The first-order valence-electron chi connectivity index (χ1n) is 9.80. The van der Waals surface area contributed by atoms with Crippen molar-refractivity contribution < 1.29 is 14.7 Å². The van der Waals surface area contributed by atoms with E-state index < -0.39 is 0 Å². The Labute approximate surface area is 155 Å². The van der Waals surface area contributed by atoms with E-state index in [9.17, 15) is 14.7 Å². The molecule has 1 saturated carbocycles. The van der Waals surface area contributed by atoms with Crippen LogP contribution in [-0.2, 0) is 16.0 Å². The lowest BCUT2D eigenvalue weighted by molar-refractivity contribution is -0.130. The minimum absolute atomic E-state index is 0.00311. The highest BCUT2D eigenvalue weighted by molar-refractivity contribution is 6.21. The van der Waals surface area contributed by atoms with Crippen LogP contribution < -0.4 is 0 Å². The van der Waals surface area contributed by atoms with Crippen LogP contribution in [0.15, 0.2) is 41.7 Å². The summed E-state index contributed by atoms with van der Waals surface area (Å²) >= 11 is 0. The highest BCUT2D eigenvalue weighted by Gasteiger charge is 2.44. The molecule has 1 aromatic carbocycles. The van der Waals surface area contributed by atoms with E-state index in [0.717, 1.165) is 18.4 Å². The van der Waals surface area contributed by atoms with Crippen LogP contribution in [0, 0.1) is 11.8 Å². The largest absolute Gasteiger partial charge is 0.509 e. The van der Waals surface area contributed by atoms with Gasteiger partial charge in [0.2, 0.25) is 0 Å². The van der Waals surface area contributed by atoms with Crippen molar-refractivity contribution in [3.63, 3.8) is 0 Å². The number of benzene rings is 1. The molecule has 0 unspecified atom stereocenters. The van der Waals surface area contributed by atoms with E-state index in [1.54, 1.807) is 4.90 Å². The van der Waals surface area contributed by atoms with Crippen LogP contribution >= 0.6 is 0 Å². The second-order valence-electron chi connectivity index (χ2n) is 8.00. The second-order valence-corrected chi connectivity index (χ2v) is 8.00. The van der Waals surface area contributed by atoms with Gasteiger partial charge < -0.3 is 10.0 Å². The first-order valence-corrected chi connectivity index (χ1v) is 9.80. The molecule has 1 aliphatic heterocycles. The molecular formula is C22H29NO3. The molecule has 2 aliphatic rings. The second kappa shape index (κ2) is 8.07. The van der Waals surface area contributed by atoms with Crippen molar-refractivity contribution in [3.05, 3.63) is 47.2 Å². The summed E-state index contributed by atoms with van der Waals surface area (Å²) in [6.45, 7) is 4.63. The molecule has 1 heterocycles. The number of ketones is 1. The third-order valence-corrected chi connectivity index (χ3v) is 5.64. The lowest BCUT2D eigenvalue weighted by atomic mass is 9.88. The molecule has 4 heteroatoms. The molecule has 1 amide bonds. The fraction of sp³-hybridized carbons (Fsp3) is 0.545. The first kappa shape index (κ1) is 18.7. The molecule has 140 valence electrons. The van der Waals surface area contributed by atoms with Gasteiger partial charge in [0.05, 0.1) is 6.04 Å². The third-order valence-electron chi connectivity index (χ3n) is 5.64. The summed E-state index contributed by atoms with van der Waals surface area (Å²) < 4.78 is 0. The molecule has 0 spiro atoms. The number of aliphatic hydroxyl groups excluding tert-OH is 1. The van der Waals surface area contributed by atoms with Crippen LogP contribution in [0.4, 0.5) is 0 Å². The Morgan fingerprint density at radius 1 is 1.15 bits per heavy atom. The average Bonchev–Trinajstić information content (AvgIpc) is 2.87. The Bertz CT molecular complexity index is 687. The number of rotatable bonds is 6. The van der Waals surface area contributed by atoms with E-state index in [-0.39, 0.29) is 41.4 Å². The molecule has 0 saturated heterocycles. The van der Waals surface area contributed by atoms with Crippen molar-refractivity contribution in [2.45, 2.75) is 58.4 Å². The standard InChI is InChI=1S/C22H29NO3/c1-15(2)20-21(25)19(18(24)13-16-9-5-3-6-10-16)22(26)23(20)14-17-11-7-4-8-12-17/h3,5-6,9-10,15,17,20,25H,4,7-8,11-14H2,1-2H3/t20-/m0/s1. The van der Waals surface area contributed by atoms with Gasteiger partial charge in [-0.3, -0.25) is 9.59 Å². The molecule has 3 rings (SSSR count). The van der Waals surface area contributed by atoms with Crippen LogP contribution in [0.25, 0.3) is 0 Å². The molecule has 26 heavy (non-hydrogen) atoms. The number of amides is 1. The quantitative estimate of drug-likeness (QED) is 0.783. The van der Waals surface area contributed by atoms with Crippen molar-refractivity contribution >= 4 is 11.7 Å². The molecule has 0 bridgehead atoms. The number of nitrogens with zero attached hydrogens (tertiary/aromatic N) is 1. The third kappa shape index (κ3) is 3.84. The average molecular weight is 355 g/mol. The van der Waals surface area contributed by atoms with Crippen molar-refractivity contribution in [3.8, 4) is 0 Å². The van der Waals surface area contributed by atoms with E-state index >= 15 is 0 Å². The zero-order valence-electron chi connectivity index (χ0n) is 15.8. The number of carbonyl (C=O) groups is 2. The number of aliphatic hydroxyl groups is 1. The summed E-state index contributed by atoms with van der Waals surface area (Å²) in [5, 5.41) is 10.7. The number of carbonyl (C=O) groups excluding carboxylic acids is 2. The normalized spacial score (nSPS) is 21.7. The molecule has 1 fully saturated rings. The van der Waals surface area contributed by atoms with Gasteiger partial charge in [-0.25, -0.2) is 0 Å². The lowest BCUT2D eigenvalue weighted by Crippen LogP contribution is -2.42. The summed E-state index contributed by atoms with van der Waals surface area (Å²) in [5.41, 5.74) is 0.862. The Kier molecular flexibility index (Phi) is 5.80. The van der Waals surface area contributed by atoms with Crippen LogP contribution in [0.5, 0.6) is 0 Å². The summed E-state index contributed by atoms with van der Waals surface area (Å²) in [6.07, 6.45) is 6.08. The van der Waals surface area contributed by atoms with Crippen LogP contribution in [0.2, 0.25) is 0 Å². The minimum Gasteiger partial charge on any atom is -0.509 e. The van der Waals surface area contributed by atoms with E-state index in [4.69, 9.17) is 0 Å². The van der Waals surface area contributed by atoms with Crippen LogP contribution in [-0.4, -0.2) is 34.3 Å². The van der Waals surface area contributed by atoms with Gasteiger partial charge in [-0.15, -0.1) is 0 Å². The summed E-state index contributed by atoms with van der Waals surface area (Å²) in [5.74, 6) is -0.0418. The highest BCUT2D eigenvalue weighted by Crippen LogP contribution is 2.33. The molecule has 4 nitrogen and oxygen atoms in total. The topological polar surface area (TPSA) is 57.6 Å². The smallest absolute Gasteiger partial charge is 0.261 e. The Morgan fingerprint density at radius 3 is 2.42 bits per heavy atom. The summed E-state index contributed by atoms with van der Waals surface area (Å²) in [7, 11) is 0. The fourth-order valence-electron chi connectivity index (χ4n) is 4.33. The van der Waals surface area contributed by atoms with Crippen LogP contribution in [0.1, 0.15) is 51.5 Å². The zero-order chi connectivity index (χ0) is 18.7. The molecule has 1 aromatic rings. The molecule has 0 aromatic heterocycles. The van der Waals surface area contributed by atoms with E-state index in [1.165, 1.54) is 19.3 Å². The fourth-order valence-corrected chi connectivity index (χ4v) is 4.33. The molecular weight excluding hydrogens is 326 g/mol. The summed E-state index contributed by atoms with van der Waals surface area (Å²) in [4.78, 5) is 27.6. The lowest BCUT2D eigenvalue weighted by Gasteiger charge is -2.33.